The Morgan fingerprint density at radius 2 is 1.73 bits per heavy atom. The maximum atomic E-state index is 12.2. The van der Waals surface area contributed by atoms with Crippen LogP contribution in [0.3, 0.4) is 0 Å². The largest absolute Gasteiger partial charge is 0.486 e. The number of ether oxygens (including phenoxy) is 2. The van der Waals surface area contributed by atoms with Gasteiger partial charge in [0, 0.05) is 44.2 Å². The van der Waals surface area contributed by atoms with Gasteiger partial charge in [-0.1, -0.05) is 6.07 Å². The topological polar surface area (TPSA) is 97.8 Å². The fourth-order valence-electron chi connectivity index (χ4n) is 2.80. The molecule has 1 atom stereocenters. The number of hydrogen-bond acceptors (Lipinski definition) is 8. The molecule has 10 heteroatoms. The minimum Gasteiger partial charge on any atom is -0.486 e. The Labute approximate surface area is 178 Å². The van der Waals surface area contributed by atoms with Crippen molar-refractivity contribution < 1.29 is 18.5 Å². The average Bonchev–Trinajstić information content (AvgIpc) is 2.72. The Balaban J connectivity index is 1.49. The molecule has 0 radical (unpaired) electrons. The highest BCUT2D eigenvalue weighted by molar-refractivity contribution is 7.84. The summed E-state index contributed by atoms with van der Waals surface area (Å²) < 4.78 is 22.5. The molecule has 2 aromatic rings. The lowest BCUT2D eigenvalue weighted by Crippen LogP contribution is -2.50. The van der Waals surface area contributed by atoms with E-state index in [9.17, 15) is 9.00 Å². The average molecular weight is 434 g/mol. The molecule has 1 amide bonds. The van der Waals surface area contributed by atoms with E-state index in [4.69, 9.17) is 9.47 Å². The first-order chi connectivity index (χ1) is 14.2. The van der Waals surface area contributed by atoms with Crippen molar-refractivity contribution in [3.8, 4) is 5.75 Å². The van der Waals surface area contributed by atoms with Gasteiger partial charge in [-0.2, -0.15) is 0 Å². The van der Waals surface area contributed by atoms with Crippen molar-refractivity contribution in [2.75, 3.05) is 37.3 Å². The molecule has 1 aliphatic heterocycles. The van der Waals surface area contributed by atoms with Crippen LogP contribution in [0.25, 0.3) is 0 Å². The summed E-state index contributed by atoms with van der Waals surface area (Å²) in [6, 6.07) is 3.56. The third-order valence-corrected chi connectivity index (χ3v) is 5.16. The second-order valence-corrected chi connectivity index (χ2v) is 9.25. The van der Waals surface area contributed by atoms with E-state index in [-0.39, 0.29) is 6.09 Å². The number of piperazine rings is 1. The highest BCUT2D eigenvalue weighted by Gasteiger charge is 2.26. The number of carbonyl (C=O) groups excluding carboxylic acids is 1. The van der Waals surface area contributed by atoms with Crippen LogP contribution >= 0.6 is 0 Å². The molecule has 1 saturated heterocycles. The van der Waals surface area contributed by atoms with E-state index in [2.05, 4.69) is 15.0 Å². The molecule has 0 aliphatic carbocycles. The van der Waals surface area contributed by atoms with Crippen LogP contribution in [0.2, 0.25) is 0 Å². The first-order valence-electron chi connectivity index (χ1n) is 9.67. The smallest absolute Gasteiger partial charge is 0.410 e. The number of hydrogen-bond donors (Lipinski definition) is 0. The fraction of sp³-hybridized carbons (Fsp3) is 0.500. The van der Waals surface area contributed by atoms with Crippen LogP contribution in [0.4, 0.5) is 10.7 Å². The van der Waals surface area contributed by atoms with Crippen molar-refractivity contribution in [2.45, 2.75) is 38.0 Å². The number of amides is 1. The molecule has 1 aliphatic rings. The van der Waals surface area contributed by atoms with Gasteiger partial charge in [-0.05, 0) is 26.8 Å². The molecule has 3 rings (SSSR count). The zero-order valence-corrected chi connectivity index (χ0v) is 18.5. The highest BCUT2D eigenvalue weighted by atomic mass is 32.2. The lowest BCUT2D eigenvalue weighted by atomic mass is 10.2. The molecular weight excluding hydrogens is 406 g/mol. The Morgan fingerprint density at radius 3 is 2.27 bits per heavy atom. The summed E-state index contributed by atoms with van der Waals surface area (Å²) in [4.78, 5) is 28.8. The van der Waals surface area contributed by atoms with Crippen LogP contribution < -0.4 is 9.64 Å². The standard InChI is InChI=1S/C20H27N5O4S/c1-20(2,3)29-19(26)25-9-7-24(8-10-25)18-22-12-16(13-23-18)28-14-15-5-6-17(21-11-15)30(4)27/h5-6,11-13H,7-10,14H2,1-4H3. The van der Waals surface area contributed by atoms with Crippen LogP contribution in [0.5, 0.6) is 5.75 Å². The first-order valence-corrected chi connectivity index (χ1v) is 11.2. The van der Waals surface area contributed by atoms with Crippen LogP contribution in [-0.4, -0.2) is 68.2 Å². The van der Waals surface area contributed by atoms with Gasteiger partial charge >= 0.3 is 6.09 Å². The number of nitrogens with zero attached hydrogens (tertiary/aromatic N) is 5. The highest BCUT2D eigenvalue weighted by Crippen LogP contribution is 2.17. The molecule has 0 saturated carbocycles. The molecule has 9 nitrogen and oxygen atoms in total. The van der Waals surface area contributed by atoms with Gasteiger partial charge in [0.2, 0.25) is 5.95 Å². The number of pyridine rings is 1. The van der Waals surface area contributed by atoms with E-state index in [1.54, 1.807) is 35.8 Å². The van der Waals surface area contributed by atoms with Crippen molar-refractivity contribution in [1.82, 2.24) is 19.9 Å². The molecule has 0 N–H and O–H groups in total. The third-order valence-electron chi connectivity index (χ3n) is 4.33. The monoisotopic (exact) mass is 433 g/mol. The van der Waals surface area contributed by atoms with Gasteiger partial charge in [0.25, 0.3) is 0 Å². The van der Waals surface area contributed by atoms with E-state index in [0.717, 1.165) is 5.56 Å². The quantitative estimate of drug-likeness (QED) is 0.708. The van der Waals surface area contributed by atoms with Gasteiger partial charge in [-0.3, -0.25) is 4.21 Å². The van der Waals surface area contributed by atoms with E-state index >= 15 is 0 Å². The van der Waals surface area contributed by atoms with E-state index < -0.39 is 16.4 Å². The second-order valence-electron chi connectivity index (χ2n) is 7.92. The summed E-state index contributed by atoms with van der Waals surface area (Å²) in [5.41, 5.74) is 0.367. The minimum absolute atomic E-state index is 0.292. The third kappa shape index (κ3) is 6.12. The number of rotatable bonds is 5. The van der Waals surface area contributed by atoms with Gasteiger partial charge < -0.3 is 19.3 Å². The predicted molar refractivity (Wildman–Crippen MR) is 113 cm³/mol. The summed E-state index contributed by atoms with van der Waals surface area (Å²) in [5, 5.41) is 0.540. The minimum atomic E-state index is -1.10. The molecule has 2 aromatic heterocycles. The molecule has 1 fully saturated rings. The molecular formula is C20H27N5O4S. The Kier molecular flexibility index (Phi) is 6.86. The molecule has 0 bridgehead atoms. The maximum Gasteiger partial charge on any atom is 0.410 e. The molecule has 0 aromatic carbocycles. The molecule has 1 unspecified atom stereocenters. The van der Waals surface area contributed by atoms with Crippen molar-refractivity contribution in [3.05, 3.63) is 36.3 Å². The maximum absolute atomic E-state index is 12.2. The van der Waals surface area contributed by atoms with Gasteiger partial charge in [0.05, 0.1) is 23.2 Å². The Hall–Kier alpha value is -2.75. The van der Waals surface area contributed by atoms with Crippen molar-refractivity contribution >= 4 is 22.8 Å². The summed E-state index contributed by atoms with van der Waals surface area (Å²) in [5.74, 6) is 1.15. The van der Waals surface area contributed by atoms with Crippen LogP contribution in [-0.2, 0) is 22.1 Å². The first kappa shape index (κ1) is 21.9. The van der Waals surface area contributed by atoms with Gasteiger partial charge in [-0.15, -0.1) is 0 Å². The Morgan fingerprint density at radius 1 is 1.07 bits per heavy atom. The fourth-order valence-corrected chi connectivity index (χ4v) is 3.26. The predicted octanol–water partition coefficient (Wildman–Crippen LogP) is 2.25. The van der Waals surface area contributed by atoms with Gasteiger partial charge in [-0.25, -0.2) is 19.7 Å². The SMILES string of the molecule is CS(=O)c1ccc(COc2cnc(N3CCN(C(=O)OC(C)(C)C)CC3)nc2)cn1. The normalized spacial score (nSPS) is 15.6. The zero-order chi connectivity index (χ0) is 21.7. The molecule has 162 valence electrons. The Bertz CT molecular complexity index is 876. The van der Waals surface area contributed by atoms with E-state index in [1.165, 1.54) is 0 Å². The van der Waals surface area contributed by atoms with Crippen LogP contribution in [0, 0.1) is 0 Å². The van der Waals surface area contributed by atoms with Crippen molar-refractivity contribution in [2.24, 2.45) is 0 Å². The zero-order valence-electron chi connectivity index (χ0n) is 17.7. The summed E-state index contributed by atoms with van der Waals surface area (Å²) >= 11 is 0. The van der Waals surface area contributed by atoms with E-state index in [0.29, 0.717) is 49.5 Å². The number of aromatic nitrogens is 3. The number of carbonyl (C=O) groups is 1. The summed E-state index contributed by atoms with van der Waals surface area (Å²) in [6.45, 7) is 8.28. The van der Waals surface area contributed by atoms with Gasteiger partial charge in [0.15, 0.2) is 5.75 Å². The molecule has 30 heavy (non-hydrogen) atoms. The second kappa shape index (κ2) is 9.38. The molecule has 0 spiro atoms. The van der Waals surface area contributed by atoms with Crippen molar-refractivity contribution in [1.29, 1.82) is 0 Å². The summed E-state index contributed by atoms with van der Waals surface area (Å²) in [6.07, 6.45) is 6.21. The molecule has 3 heterocycles. The van der Waals surface area contributed by atoms with Gasteiger partial charge in [0.1, 0.15) is 17.2 Å². The summed E-state index contributed by atoms with van der Waals surface area (Å²) in [7, 11) is -1.10. The van der Waals surface area contributed by atoms with Crippen molar-refractivity contribution in [3.63, 3.8) is 0 Å². The van der Waals surface area contributed by atoms with Crippen LogP contribution in [0.15, 0.2) is 35.7 Å². The number of anilines is 1. The lowest BCUT2D eigenvalue weighted by Gasteiger charge is -2.35. The van der Waals surface area contributed by atoms with Crippen LogP contribution in [0.1, 0.15) is 26.3 Å². The lowest BCUT2D eigenvalue weighted by molar-refractivity contribution is 0.0240. The van der Waals surface area contributed by atoms with E-state index in [1.807, 2.05) is 31.7 Å².